The predicted molar refractivity (Wildman–Crippen MR) is 150 cm³/mol. The summed E-state index contributed by atoms with van der Waals surface area (Å²) >= 11 is 1.46. The average molecular weight is 529 g/mol. The molecule has 2 N–H and O–H groups in total. The number of nitrogens with one attached hydrogen (secondary N) is 2. The van der Waals surface area contributed by atoms with Gasteiger partial charge in [0.1, 0.15) is 6.04 Å². The Labute approximate surface area is 226 Å². The highest BCUT2D eigenvalue weighted by Gasteiger charge is 2.31. The summed E-state index contributed by atoms with van der Waals surface area (Å²) in [5.41, 5.74) is 4.04. The number of nitriles is 1. The quantitative estimate of drug-likeness (QED) is 0.402. The Bertz CT molecular complexity index is 1400. The zero-order chi connectivity index (χ0) is 27.1. The summed E-state index contributed by atoms with van der Waals surface area (Å²) in [5.74, 6) is 1.65. The Kier molecular flexibility index (Phi) is 8.56. The second kappa shape index (κ2) is 12.2. The minimum Gasteiger partial charge on any atom is -0.493 e. The molecule has 38 heavy (non-hydrogen) atoms. The van der Waals surface area contributed by atoms with Crippen LogP contribution in [0, 0.1) is 11.3 Å². The zero-order valence-corrected chi connectivity index (χ0v) is 22.4. The van der Waals surface area contributed by atoms with Crippen molar-refractivity contribution in [1.82, 2.24) is 5.32 Å². The number of allylic oxidation sites excluding steroid dienone is 1. The van der Waals surface area contributed by atoms with Gasteiger partial charge >= 0.3 is 0 Å². The van der Waals surface area contributed by atoms with Crippen LogP contribution in [0.5, 0.6) is 17.2 Å². The Morgan fingerprint density at radius 2 is 1.68 bits per heavy atom. The fourth-order valence-electron chi connectivity index (χ4n) is 4.14. The van der Waals surface area contributed by atoms with Crippen molar-refractivity contribution >= 4 is 28.5 Å². The summed E-state index contributed by atoms with van der Waals surface area (Å²) in [6.07, 6.45) is 0. The first-order chi connectivity index (χ1) is 18.5. The van der Waals surface area contributed by atoms with Gasteiger partial charge in [0, 0.05) is 17.1 Å². The number of hydrogen-bond donors (Lipinski definition) is 2. The molecule has 9 heteroatoms. The average Bonchev–Trinajstić information content (AvgIpc) is 2.95. The maximum atomic E-state index is 13.6. The van der Waals surface area contributed by atoms with Crippen LogP contribution in [-0.4, -0.2) is 32.4 Å². The van der Waals surface area contributed by atoms with Crippen LogP contribution in [0.3, 0.4) is 0 Å². The number of carbonyl (C=O) groups excluding carboxylic acids is 1. The molecule has 0 fully saturated rings. The molecular formula is C29H28N4O4S. The van der Waals surface area contributed by atoms with Gasteiger partial charge < -0.3 is 24.8 Å². The van der Waals surface area contributed by atoms with Gasteiger partial charge in [-0.05, 0) is 48.4 Å². The predicted octanol–water partition coefficient (Wildman–Crippen LogP) is 5.43. The van der Waals surface area contributed by atoms with E-state index in [0.717, 1.165) is 5.56 Å². The van der Waals surface area contributed by atoms with Crippen molar-refractivity contribution in [3.63, 3.8) is 0 Å². The highest BCUT2D eigenvalue weighted by Crippen LogP contribution is 2.43. The molecule has 1 aliphatic heterocycles. The number of methoxy groups -OCH3 is 3. The molecule has 1 atom stereocenters. The van der Waals surface area contributed by atoms with E-state index < -0.39 is 6.04 Å². The lowest BCUT2D eigenvalue weighted by molar-refractivity contribution is -0.113. The van der Waals surface area contributed by atoms with Crippen LogP contribution in [0.4, 0.5) is 5.69 Å². The number of hydrogen-bond acceptors (Lipinski definition) is 8. The van der Waals surface area contributed by atoms with E-state index in [1.165, 1.54) is 11.8 Å². The number of aliphatic imine (C=N–C) groups is 1. The molecule has 0 bridgehead atoms. The Morgan fingerprint density at radius 1 is 1.03 bits per heavy atom. The Hall–Kier alpha value is -4.42. The smallest absolute Gasteiger partial charge is 0.255 e. The summed E-state index contributed by atoms with van der Waals surface area (Å²) in [6.45, 7) is 1.85. The molecule has 8 nitrogen and oxygen atoms in total. The first-order valence-electron chi connectivity index (χ1n) is 11.8. The van der Waals surface area contributed by atoms with Crippen molar-refractivity contribution in [2.24, 2.45) is 4.99 Å². The van der Waals surface area contributed by atoms with Gasteiger partial charge in [-0.2, -0.15) is 5.26 Å². The third kappa shape index (κ3) is 5.76. The monoisotopic (exact) mass is 528 g/mol. The molecule has 1 amide bonds. The minimum absolute atomic E-state index is 0.275. The van der Waals surface area contributed by atoms with Crippen LogP contribution in [-0.2, 0) is 10.5 Å². The standard InChI is InChI=1S/C29H28N4O4S/c1-18-25(28(34)32-22-12-6-5-7-13-22)26(21-14-23(35-2)27(37-4)24(15-21)36-3)33-29(31-18)38-17-20-11-9-8-10-19(20)16-30/h5-15,26H,17H2,1-4H3,(H,31,33)(H,32,34)/t26-/m1/s1. The van der Waals surface area contributed by atoms with E-state index >= 15 is 0 Å². The van der Waals surface area contributed by atoms with Crippen LogP contribution in [0.2, 0.25) is 0 Å². The molecule has 4 rings (SSSR count). The highest BCUT2D eigenvalue weighted by molar-refractivity contribution is 8.13. The molecule has 194 valence electrons. The molecule has 3 aromatic carbocycles. The molecule has 0 radical (unpaired) electrons. The molecule has 0 saturated carbocycles. The summed E-state index contributed by atoms with van der Waals surface area (Å²) in [6, 6.07) is 21.9. The van der Waals surface area contributed by atoms with Crippen molar-refractivity contribution in [1.29, 1.82) is 5.26 Å². The number of anilines is 1. The maximum Gasteiger partial charge on any atom is 0.255 e. The molecule has 1 aliphatic rings. The van der Waals surface area contributed by atoms with Crippen LogP contribution < -0.4 is 24.8 Å². The first-order valence-corrected chi connectivity index (χ1v) is 12.8. The maximum absolute atomic E-state index is 13.6. The fraction of sp³-hybridized carbons (Fsp3) is 0.207. The van der Waals surface area contributed by atoms with Gasteiger partial charge in [-0.15, -0.1) is 0 Å². The number of amidine groups is 1. The first kappa shape index (κ1) is 26.6. The van der Waals surface area contributed by atoms with Crippen molar-refractivity contribution in [2.45, 2.75) is 18.7 Å². The lowest BCUT2D eigenvalue weighted by Crippen LogP contribution is -2.32. The van der Waals surface area contributed by atoms with E-state index in [9.17, 15) is 10.1 Å². The Morgan fingerprint density at radius 3 is 2.32 bits per heavy atom. The number of carbonyl (C=O) groups is 1. The third-order valence-electron chi connectivity index (χ3n) is 6.00. The van der Waals surface area contributed by atoms with Gasteiger partial charge in [0.05, 0.1) is 38.5 Å². The fourth-order valence-corrected chi connectivity index (χ4v) is 5.09. The molecule has 1 heterocycles. The van der Waals surface area contributed by atoms with Crippen LogP contribution >= 0.6 is 11.8 Å². The third-order valence-corrected chi connectivity index (χ3v) is 6.94. The van der Waals surface area contributed by atoms with Crippen LogP contribution in [0.1, 0.15) is 29.7 Å². The number of rotatable bonds is 8. The second-order valence-electron chi connectivity index (χ2n) is 8.34. The summed E-state index contributed by atoms with van der Waals surface area (Å²) < 4.78 is 16.6. The highest BCUT2D eigenvalue weighted by atomic mass is 32.2. The van der Waals surface area contributed by atoms with Gasteiger partial charge in [0.25, 0.3) is 5.91 Å². The van der Waals surface area contributed by atoms with Gasteiger partial charge in [-0.25, -0.2) is 4.99 Å². The van der Waals surface area contributed by atoms with E-state index in [1.54, 1.807) is 39.5 Å². The molecule has 0 unspecified atom stereocenters. The topological polar surface area (TPSA) is 105 Å². The van der Waals surface area contributed by atoms with E-state index in [2.05, 4.69) is 16.7 Å². The number of nitrogens with zero attached hydrogens (tertiary/aromatic N) is 2. The van der Waals surface area contributed by atoms with E-state index in [4.69, 9.17) is 19.2 Å². The van der Waals surface area contributed by atoms with Gasteiger partial charge in [-0.1, -0.05) is 48.2 Å². The lowest BCUT2D eigenvalue weighted by Gasteiger charge is -2.27. The summed E-state index contributed by atoms with van der Waals surface area (Å²) in [7, 11) is 4.63. The molecule has 0 spiro atoms. The van der Waals surface area contributed by atoms with Gasteiger partial charge in [-0.3, -0.25) is 4.79 Å². The Balaban J connectivity index is 1.74. The second-order valence-corrected chi connectivity index (χ2v) is 9.30. The van der Waals surface area contributed by atoms with Crippen LogP contribution in [0.15, 0.2) is 83.0 Å². The van der Waals surface area contributed by atoms with Crippen molar-refractivity contribution in [2.75, 3.05) is 26.6 Å². The number of amides is 1. The van der Waals surface area contributed by atoms with Crippen molar-refractivity contribution in [3.8, 4) is 23.3 Å². The summed E-state index contributed by atoms with van der Waals surface area (Å²) in [5, 5.41) is 16.3. The normalized spacial score (nSPS) is 14.6. The van der Waals surface area contributed by atoms with Crippen LogP contribution in [0.25, 0.3) is 0 Å². The molecule has 3 aromatic rings. The van der Waals surface area contributed by atoms with Gasteiger partial charge in [0.15, 0.2) is 16.7 Å². The number of thioether (sulfide) groups is 1. The van der Waals surface area contributed by atoms with Crippen molar-refractivity contribution in [3.05, 3.63) is 94.7 Å². The molecule has 0 aliphatic carbocycles. The lowest BCUT2D eigenvalue weighted by atomic mass is 9.95. The molecule has 0 saturated heterocycles. The number of benzene rings is 3. The summed E-state index contributed by atoms with van der Waals surface area (Å²) in [4.78, 5) is 18.5. The van der Waals surface area contributed by atoms with E-state index in [-0.39, 0.29) is 5.91 Å². The number of ether oxygens (including phenoxy) is 3. The largest absolute Gasteiger partial charge is 0.493 e. The van der Waals surface area contributed by atoms with Gasteiger partial charge in [0.2, 0.25) is 5.75 Å². The van der Waals surface area contributed by atoms with Crippen molar-refractivity contribution < 1.29 is 19.0 Å². The molecule has 0 aromatic heterocycles. The number of para-hydroxylation sites is 1. The SMILES string of the molecule is COc1cc([C@H]2N=C(SCc3ccccc3C#N)NC(C)=C2C(=O)Nc2ccccc2)cc(OC)c1OC. The van der Waals surface area contributed by atoms with E-state index in [1.807, 2.05) is 55.5 Å². The minimum atomic E-state index is -0.651. The zero-order valence-electron chi connectivity index (χ0n) is 21.6. The molecular weight excluding hydrogens is 500 g/mol. The van der Waals surface area contributed by atoms with E-state index in [0.29, 0.717) is 56.3 Å².